The van der Waals surface area contributed by atoms with E-state index in [2.05, 4.69) is 51.4 Å². The van der Waals surface area contributed by atoms with E-state index in [1.54, 1.807) is 10.9 Å². The predicted octanol–water partition coefficient (Wildman–Crippen LogP) is 5.00. The molecule has 0 amide bonds. The largest absolute Gasteiger partial charge is 0.494 e. The monoisotopic (exact) mass is 526 g/mol. The molecule has 2 aromatic carbocycles. The molecule has 9 nitrogen and oxygen atoms in total. The van der Waals surface area contributed by atoms with Crippen LogP contribution < -0.4 is 10.3 Å². The summed E-state index contributed by atoms with van der Waals surface area (Å²) in [6.07, 6.45) is 2.47. The van der Waals surface area contributed by atoms with Gasteiger partial charge in [0.2, 0.25) is 0 Å². The van der Waals surface area contributed by atoms with Crippen LogP contribution in [0.25, 0.3) is 10.9 Å². The lowest BCUT2D eigenvalue weighted by Gasteiger charge is -2.33. The number of hydrogen-bond donors (Lipinski definition) is 1. The average Bonchev–Trinajstić information content (AvgIpc) is 3.61. The van der Waals surface area contributed by atoms with Crippen LogP contribution in [0.4, 0.5) is 0 Å². The smallest absolute Gasteiger partial charge is 0.252 e. The molecule has 0 spiro atoms. The van der Waals surface area contributed by atoms with E-state index in [0.717, 1.165) is 41.2 Å². The SMILES string of the molecule is CCOc1ccc2[nH]c(=O)c(CN(CCc3ccccc3)[C@H](c3nnnn3Cc3ccco3)C(C)C)cc2c1. The van der Waals surface area contributed by atoms with Crippen LogP contribution in [0.1, 0.15) is 49.5 Å². The fraction of sp³-hybridized carbons (Fsp3) is 0.333. The van der Waals surface area contributed by atoms with Gasteiger partial charge in [-0.15, -0.1) is 5.10 Å². The van der Waals surface area contributed by atoms with Gasteiger partial charge in [0.05, 0.1) is 18.9 Å². The summed E-state index contributed by atoms with van der Waals surface area (Å²) in [7, 11) is 0. The van der Waals surface area contributed by atoms with Crippen LogP contribution in [-0.2, 0) is 19.5 Å². The molecule has 0 bridgehead atoms. The number of H-pyrrole nitrogens is 1. The fourth-order valence-electron chi connectivity index (χ4n) is 5.03. The Morgan fingerprint density at radius 1 is 1.08 bits per heavy atom. The average molecular weight is 527 g/mol. The Morgan fingerprint density at radius 3 is 2.67 bits per heavy atom. The Kier molecular flexibility index (Phi) is 8.17. The molecule has 5 aromatic rings. The van der Waals surface area contributed by atoms with E-state index in [0.29, 0.717) is 25.3 Å². The second-order valence-electron chi connectivity index (χ2n) is 9.97. The van der Waals surface area contributed by atoms with Crippen LogP contribution in [0.2, 0.25) is 0 Å². The molecule has 0 unspecified atom stereocenters. The highest BCUT2D eigenvalue weighted by Gasteiger charge is 2.30. The maximum Gasteiger partial charge on any atom is 0.252 e. The van der Waals surface area contributed by atoms with E-state index in [1.807, 2.05) is 61.5 Å². The molecule has 3 heterocycles. The van der Waals surface area contributed by atoms with Gasteiger partial charge < -0.3 is 14.1 Å². The Morgan fingerprint density at radius 2 is 1.92 bits per heavy atom. The minimum Gasteiger partial charge on any atom is -0.494 e. The fourth-order valence-corrected chi connectivity index (χ4v) is 5.03. The number of rotatable bonds is 12. The molecular formula is C30H34N6O3. The Hall–Kier alpha value is -4.24. The van der Waals surface area contributed by atoms with Crippen LogP contribution in [0.15, 0.2) is 82.2 Å². The topological polar surface area (TPSA) is 102 Å². The van der Waals surface area contributed by atoms with Crippen molar-refractivity contribution in [2.75, 3.05) is 13.2 Å². The Bertz CT molecular complexity index is 1540. The zero-order valence-electron chi connectivity index (χ0n) is 22.6. The van der Waals surface area contributed by atoms with Crippen molar-refractivity contribution in [3.63, 3.8) is 0 Å². The van der Waals surface area contributed by atoms with Gasteiger partial charge in [-0.2, -0.15) is 0 Å². The zero-order valence-corrected chi connectivity index (χ0v) is 22.6. The molecule has 5 rings (SSSR count). The molecule has 0 radical (unpaired) electrons. The molecule has 9 heteroatoms. The van der Waals surface area contributed by atoms with Gasteiger partial charge in [-0.05, 0) is 71.7 Å². The summed E-state index contributed by atoms with van der Waals surface area (Å²) in [4.78, 5) is 18.6. The summed E-state index contributed by atoms with van der Waals surface area (Å²) in [5.74, 6) is 2.47. The molecule has 0 saturated carbocycles. The molecule has 202 valence electrons. The van der Waals surface area contributed by atoms with Gasteiger partial charge >= 0.3 is 0 Å². The van der Waals surface area contributed by atoms with Gasteiger partial charge in [-0.1, -0.05) is 44.2 Å². The minimum absolute atomic E-state index is 0.103. The highest BCUT2D eigenvalue weighted by atomic mass is 16.5. The van der Waals surface area contributed by atoms with Crippen molar-refractivity contribution in [2.45, 2.75) is 46.3 Å². The van der Waals surface area contributed by atoms with Crippen molar-refractivity contribution in [3.05, 3.63) is 106 Å². The minimum atomic E-state index is -0.136. The zero-order chi connectivity index (χ0) is 27.2. The molecule has 0 aliphatic rings. The number of fused-ring (bicyclic) bond motifs is 1. The first-order valence-electron chi connectivity index (χ1n) is 13.4. The van der Waals surface area contributed by atoms with Crippen molar-refractivity contribution in [2.24, 2.45) is 5.92 Å². The normalized spacial score (nSPS) is 12.4. The van der Waals surface area contributed by atoms with E-state index in [-0.39, 0.29) is 17.5 Å². The number of aromatic nitrogens is 5. The van der Waals surface area contributed by atoms with Gasteiger partial charge in [-0.25, -0.2) is 4.68 Å². The number of nitrogens with one attached hydrogen (secondary N) is 1. The first-order valence-corrected chi connectivity index (χ1v) is 13.4. The quantitative estimate of drug-likeness (QED) is 0.244. The maximum atomic E-state index is 13.2. The van der Waals surface area contributed by atoms with Crippen LogP contribution >= 0.6 is 0 Å². The van der Waals surface area contributed by atoms with E-state index >= 15 is 0 Å². The van der Waals surface area contributed by atoms with E-state index in [4.69, 9.17) is 9.15 Å². The Balaban J connectivity index is 1.51. The number of tetrazole rings is 1. The van der Waals surface area contributed by atoms with Crippen molar-refractivity contribution in [3.8, 4) is 5.75 Å². The van der Waals surface area contributed by atoms with Crippen molar-refractivity contribution in [1.29, 1.82) is 0 Å². The molecule has 0 fully saturated rings. The standard InChI is InChI=1S/C30H34N6O3/c1-4-38-25-12-13-27-23(18-25)17-24(30(37)31-27)19-35(15-14-22-9-6-5-7-10-22)28(21(2)3)29-32-33-34-36(29)20-26-11-8-16-39-26/h5-13,16-18,21,28H,4,14-15,19-20H2,1-3H3,(H,31,37)/t28-/m0/s1. The van der Waals surface area contributed by atoms with Gasteiger partial charge in [0, 0.05) is 29.6 Å². The third-order valence-electron chi connectivity index (χ3n) is 6.84. The highest BCUT2D eigenvalue weighted by Crippen LogP contribution is 2.29. The summed E-state index contributed by atoms with van der Waals surface area (Å²) < 4.78 is 13.0. The molecule has 3 aromatic heterocycles. The molecule has 39 heavy (non-hydrogen) atoms. The molecule has 0 saturated heterocycles. The van der Waals surface area contributed by atoms with Gasteiger partial charge in [0.25, 0.3) is 5.56 Å². The summed E-state index contributed by atoms with van der Waals surface area (Å²) in [6.45, 7) is 8.44. The number of nitrogens with zero attached hydrogens (tertiary/aromatic N) is 5. The summed E-state index contributed by atoms with van der Waals surface area (Å²) in [5, 5.41) is 13.7. The molecule has 1 atom stereocenters. The first kappa shape index (κ1) is 26.4. The van der Waals surface area contributed by atoms with Crippen LogP contribution in [0, 0.1) is 5.92 Å². The molecular weight excluding hydrogens is 492 g/mol. The van der Waals surface area contributed by atoms with Gasteiger partial charge in [0.1, 0.15) is 18.1 Å². The first-order chi connectivity index (χ1) is 19.0. The van der Waals surface area contributed by atoms with Crippen LogP contribution in [-0.4, -0.2) is 43.2 Å². The van der Waals surface area contributed by atoms with Crippen molar-refractivity contribution >= 4 is 10.9 Å². The number of furan rings is 1. The third kappa shape index (κ3) is 6.26. The summed E-state index contributed by atoms with van der Waals surface area (Å²) in [6, 6.07) is 21.7. The van der Waals surface area contributed by atoms with E-state index in [9.17, 15) is 4.79 Å². The lowest BCUT2D eigenvalue weighted by Crippen LogP contribution is -2.37. The second-order valence-corrected chi connectivity index (χ2v) is 9.97. The van der Waals surface area contributed by atoms with E-state index in [1.165, 1.54) is 5.56 Å². The lowest BCUT2D eigenvalue weighted by atomic mass is 9.99. The number of aromatic amines is 1. The van der Waals surface area contributed by atoms with Gasteiger partial charge in [0.15, 0.2) is 5.82 Å². The number of pyridine rings is 1. The number of hydrogen-bond acceptors (Lipinski definition) is 7. The lowest BCUT2D eigenvalue weighted by molar-refractivity contribution is 0.135. The molecule has 0 aliphatic heterocycles. The summed E-state index contributed by atoms with van der Waals surface area (Å²) >= 11 is 0. The van der Waals surface area contributed by atoms with Gasteiger partial charge in [-0.3, -0.25) is 9.69 Å². The Labute approximate surface area is 227 Å². The number of benzene rings is 2. The molecule has 1 N–H and O–H groups in total. The third-order valence-corrected chi connectivity index (χ3v) is 6.84. The van der Waals surface area contributed by atoms with Crippen LogP contribution in [0.3, 0.4) is 0 Å². The number of ether oxygens (including phenoxy) is 1. The molecule has 0 aliphatic carbocycles. The van der Waals surface area contributed by atoms with Crippen molar-refractivity contribution < 1.29 is 9.15 Å². The van der Waals surface area contributed by atoms with Crippen molar-refractivity contribution in [1.82, 2.24) is 30.1 Å². The van der Waals surface area contributed by atoms with E-state index < -0.39 is 0 Å². The van der Waals surface area contributed by atoms with Crippen LogP contribution in [0.5, 0.6) is 5.75 Å². The highest BCUT2D eigenvalue weighted by molar-refractivity contribution is 5.80. The summed E-state index contributed by atoms with van der Waals surface area (Å²) in [5.41, 5.74) is 2.59. The second kappa shape index (κ2) is 12.1. The predicted molar refractivity (Wildman–Crippen MR) is 149 cm³/mol. The maximum absolute atomic E-state index is 13.2.